The molecule has 4 bridgehead atoms. The van der Waals surface area contributed by atoms with Gasteiger partial charge in [0.2, 0.25) is 0 Å². The van der Waals surface area contributed by atoms with Crippen LogP contribution in [0.3, 0.4) is 0 Å². The predicted octanol–water partition coefficient (Wildman–Crippen LogP) is 3.84. The summed E-state index contributed by atoms with van der Waals surface area (Å²) in [5.41, 5.74) is 2.46. The van der Waals surface area contributed by atoms with Crippen molar-refractivity contribution in [3.05, 3.63) is 35.9 Å². The summed E-state index contributed by atoms with van der Waals surface area (Å²) in [4.78, 5) is 2.85. The van der Waals surface area contributed by atoms with Crippen LogP contribution in [-0.4, -0.2) is 16.0 Å². The molecule has 1 heteroatoms. The van der Waals surface area contributed by atoms with Crippen LogP contribution in [0.1, 0.15) is 45.1 Å². The van der Waals surface area contributed by atoms with Gasteiger partial charge in [-0.05, 0) is 56.9 Å². The first-order valence-electron chi connectivity index (χ1n) is 7.42. The van der Waals surface area contributed by atoms with Gasteiger partial charge in [0.05, 0.1) is 0 Å². The van der Waals surface area contributed by atoms with Crippen molar-refractivity contribution < 1.29 is 0 Å². The lowest BCUT2D eigenvalue weighted by Crippen LogP contribution is -2.54. The Hall–Kier alpha value is -0.820. The Morgan fingerprint density at radius 3 is 2.61 bits per heavy atom. The summed E-state index contributed by atoms with van der Waals surface area (Å²) in [6, 6.07) is 11.0. The van der Waals surface area contributed by atoms with Crippen LogP contribution in [0.4, 0.5) is 0 Å². The zero-order valence-corrected chi connectivity index (χ0v) is 11.5. The van der Waals surface area contributed by atoms with E-state index < -0.39 is 0 Å². The smallest absolute Gasteiger partial charge is 0.0244 e. The Morgan fingerprint density at radius 2 is 1.89 bits per heavy atom. The standard InChI is InChI=1S/C17H23N/c1-16-9-14-8-15(11-16)17(2,10-14)18(16)12-13-6-4-3-5-7-13/h3-7,14-15H,8-12H2,1-2H3/t14-,15+,16-,17+/m1/s1. The molecule has 2 aliphatic heterocycles. The van der Waals surface area contributed by atoms with Crippen LogP contribution in [0.5, 0.6) is 0 Å². The molecule has 0 amide bonds. The average molecular weight is 241 g/mol. The van der Waals surface area contributed by atoms with Crippen molar-refractivity contribution in [2.24, 2.45) is 11.8 Å². The summed E-state index contributed by atoms with van der Waals surface area (Å²) in [5.74, 6) is 1.98. The monoisotopic (exact) mass is 241 g/mol. The van der Waals surface area contributed by atoms with Gasteiger partial charge in [0.25, 0.3) is 0 Å². The van der Waals surface area contributed by atoms with E-state index in [0.717, 1.165) is 18.4 Å². The number of nitrogens with zero attached hydrogens (tertiary/aromatic N) is 1. The molecule has 5 rings (SSSR count). The molecule has 0 N–H and O–H groups in total. The molecule has 2 saturated heterocycles. The maximum absolute atomic E-state index is 2.85. The van der Waals surface area contributed by atoms with Gasteiger partial charge in [0.1, 0.15) is 0 Å². The SMILES string of the molecule is C[C@@]12C[C@H]3C[C@@H](C1)[C@](C)(C3)N2Cc1ccccc1. The minimum absolute atomic E-state index is 0.483. The van der Waals surface area contributed by atoms with Crippen molar-refractivity contribution in [2.45, 2.75) is 57.2 Å². The van der Waals surface area contributed by atoms with Crippen molar-refractivity contribution in [2.75, 3.05) is 0 Å². The lowest BCUT2D eigenvalue weighted by molar-refractivity contribution is -0.00469. The third-order valence-corrected chi connectivity index (χ3v) is 6.07. The topological polar surface area (TPSA) is 3.24 Å². The molecular formula is C17H23N. The third kappa shape index (κ3) is 1.31. The molecule has 0 spiro atoms. The van der Waals surface area contributed by atoms with E-state index in [1.54, 1.807) is 0 Å². The van der Waals surface area contributed by atoms with E-state index in [2.05, 4.69) is 49.1 Å². The second-order valence-corrected chi connectivity index (χ2v) is 7.34. The van der Waals surface area contributed by atoms with Crippen molar-refractivity contribution in [1.29, 1.82) is 0 Å². The van der Waals surface area contributed by atoms with Crippen LogP contribution in [0.25, 0.3) is 0 Å². The number of benzene rings is 1. The minimum Gasteiger partial charge on any atom is -0.288 e. The van der Waals surface area contributed by atoms with Crippen LogP contribution in [0, 0.1) is 11.8 Å². The average Bonchev–Trinajstić information content (AvgIpc) is 2.65. The van der Waals surface area contributed by atoms with E-state index in [1.807, 2.05) is 0 Å². The first-order chi connectivity index (χ1) is 8.60. The normalized spacial score (nSPS) is 45.9. The van der Waals surface area contributed by atoms with E-state index in [1.165, 1.54) is 31.2 Å². The fourth-order valence-corrected chi connectivity index (χ4v) is 5.49. The maximum atomic E-state index is 2.85. The second kappa shape index (κ2) is 3.39. The molecule has 1 nitrogen and oxygen atoms in total. The number of piperidine rings is 1. The molecule has 96 valence electrons. The van der Waals surface area contributed by atoms with E-state index in [9.17, 15) is 0 Å². The Balaban J connectivity index is 1.68. The number of hydrogen-bond donors (Lipinski definition) is 0. The van der Waals surface area contributed by atoms with Crippen LogP contribution in [0.15, 0.2) is 30.3 Å². The van der Waals surface area contributed by atoms with E-state index in [-0.39, 0.29) is 0 Å². The van der Waals surface area contributed by atoms with E-state index in [0.29, 0.717) is 11.1 Å². The molecule has 0 radical (unpaired) electrons. The highest BCUT2D eigenvalue weighted by molar-refractivity contribution is 5.22. The molecule has 2 saturated carbocycles. The Kier molecular flexibility index (Phi) is 2.08. The summed E-state index contributed by atoms with van der Waals surface area (Å²) in [5, 5.41) is 0. The summed E-state index contributed by atoms with van der Waals surface area (Å²) >= 11 is 0. The van der Waals surface area contributed by atoms with Gasteiger partial charge >= 0.3 is 0 Å². The lowest BCUT2D eigenvalue weighted by atomic mass is 9.77. The van der Waals surface area contributed by atoms with Gasteiger partial charge in [-0.2, -0.15) is 0 Å². The molecule has 1 aromatic rings. The second-order valence-electron chi connectivity index (χ2n) is 7.34. The van der Waals surface area contributed by atoms with Crippen molar-refractivity contribution >= 4 is 0 Å². The van der Waals surface area contributed by atoms with Crippen LogP contribution < -0.4 is 0 Å². The molecule has 4 aliphatic rings. The molecule has 4 atom stereocenters. The van der Waals surface area contributed by atoms with Crippen molar-refractivity contribution in [3.8, 4) is 0 Å². The Bertz CT molecular complexity index is 466. The van der Waals surface area contributed by atoms with Gasteiger partial charge in [-0.1, -0.05) is 30.3 Å². The third-order valence-electron chi connectivity index (χ3n) is 6.07. The number of rotatable bonds is 2. The molecule has 0 aromatic heterocycles. The minimum atomic E-state index is 0.483. The highest BCUT2D eigenvalue weighted by Gasteiger charge is 2.64. The first-order valence-corrected chi connectivity index (χ1v) is 7.42. The Labute approximate surface area is 110 Å². The van der Waals surface area contributed by atoms with Gasteiger partial charge in [-0.3, -0.25) is 4.90 Å². The highest BCUT2D eigenvalue weighted by Crippen LogP contribution is 2.63. The fourth-order valence-electron chi connectivity index (χ4n) is 5.49. The summed E-state index contributed by atoms with van der Waals surface area (Å²) in [7, 11) is 0. The molecule has 2 heterocycles. The summed E-state index contributed by atoms with van der Waals surface area (Å²) < 4.78 is 0. The van der Waals surface area contributed by atoms with Crippen LogP contribution in [-0.2, 0) is 6.54 Å². The highest BCUT2D eigenvalue weighted by atomic mass is 15.3. The van der Waals surface area contributed by atoms with Crippen LogP contribution in [0.2, 0.25) is 0 Å². The predicted molar refractivity (Wildman–Crippen MR) is 74.2 cm³/mol. The lowest BCUT2D eigenvalue weighted by Gasteiger charge is -2.49. The van der Waals surface area contributed by atoms with Crippen LogP contribution >= 0.6 is 0 Å². The zero-order valence-electron chi connectivity index (χ0n) is 11.5. The molecule has 0 unspecified atom stereocenters. The molecule has 18 heavy (non-hydrogen) atoms. The molecule has 4 fully saturated rings. The molecule has 1 aromatic carbocycles. The van der Waals surface area contributed by atoms with Gasteiger partial charge < -0.3 is 0 Å². The van der Waals surface area contributed by atoms with Crippen molar-refractivity contribution in [3.63, 3.8) is 0 Å². The quantitative estimate of drug-likeness (QED) is 0.760. The largest absolute Gasteiger partial charge is 0.288 e. The van der Waals surface area contributed by atoms with E-state index >= 15 is 0 Å². The summed E-state index contributed by atoms with van der Waals surface area (Å²) in [6.45, 7) is 6.20. The van der Waals surface area contributed by atoms with Gasteiger partial charge in [-0.25, -0.2) is 0 Å². The summed E-state index contributed by atoms with van der Waals surface area (Å²) in [6.07, 6.45) is 5.82. The van der Waals surface area contributed by atoms with Crippen molar-refractivity contribution in [1.82, 2.24) is 4.90 Å². The zero-order chi connectivity index (χ0) is 12.4. The van der Waals surface area contributed by atoms with Gasteiger partial charge in [0.15, 0.2) is 0 Å². The fraction of sp³-hybridized carbons (Fsp3) is 0.647. The number of hydrogen-bond acceptors (Lipinski definition) is 1. The maximum Gasteiger partial charge on any atom is 0.0244 e. The van der Waals surface area contributed by atoms with Gasteiger partial charge in [-0.15, -0.1) is 0 Å². The van der Waals surface area contributed by atoms with Gasteiger partial charge in [0, 0.05) is 17.6 Å². The Morgan fingerprint density at radius 1 is 1.11 bits per heavy atom. The first kappa shape index (κ1) is 11.0. The molecular weight excluding hydrogens is 218 g/mol. The van der Waals surface area contributed by atoms with E-state index in [4.69, 9.17) is 0 Å². The molecule has 2 aliphatic carbocycles.